The minimum absolute atomic E-state index is 0.307. The molecule has 2 heterocycles. The fourth-order valence-electron chi connectivity index (χ4n) is 3.09. The van der Waals surface area contributed by atoms with E-state index in [4.69, 9.17) is 17.0 Å². The smallest absolute Gasteiger partial charge is 0.170 e. The van der Waals surface area contributed by atoms with Crippen molar-refractivity contribution in [3.05, 3.63) is 24.3 Å². The van der Waals surface area contributed by atoms with Gasteiger partial charge in [0, 0.05) is 37.6 Å². The maximum Gasteiger partial charge on any atom is 0.170 e. The molecule has 1 aromatic rings. The van der Waals surface area contributed by atoms with E-state index in [2.05, 4.69) is 39.8 Å². The third-order valence-electron chi connectivity index (χ3n) is 4.36. The second-order valence-corrected chi connectivity index (χ2v) is 6.47. The number of nitrogens with zero attached hydrogens (tertiary/aromatic N) is 1. The van der Waals surface area contributed by atoms with Gasteiger partial charge in [0.05, 0.1) is 6.10 Å². The second-order valence-electron chi connectivity index (χ2n) is 6.06. The molecule has 2 saturated heterocycles. The summed E-state index contributed by atoms with van der Waals surface area (Å²) in [6.45, 7) is 4.02. The van der Waals surface area contributed by atoms with Crippen LogP contribution in [0.4, 0.5) is 11.4 Å². The molecule has 22 heavy (non-hydrogen) atoms. The highest BCUT2D eigenvalue weighted by Gasteiger charge is 2.15. The summed E-state index contributed by atoms with van der Waals surface area (Å²) in [5.74, 6) is 0. The van der Waals surface area contributed by atoms with Gasteiger partial charge in [0.15, 0.2) is 5.11 Å². The monoisotopic (exact) mass is 319 g/mol. The summed E-state index contributed by atoms with van der Waals surface area (Å²) in [4.78, 5) is 2.46. The molecule has 2 aliphatic heterocycles. The van der Waals surface area contributed by atoms with E-state index in [1.54, 1.807) is 0 Å². The number of piperidine rings is 1. The summed E-state index contributed by atoms with van der Waals surface area (Å²) in [5, 5.41) is 7.15. The molecule has 0 amide bonds. The fraction of sp³-hybridized carbons (Fsp3) is 0.588. The Morgan fingerprint density at radius 1 is 1.14 bits per heavy atom. The van der Waals surface area contributed by atoms with E-state index in [9.17, 15) is 0 Å². The SMILES string of the molecule is S=C(NCC1CCCO1)Nc1ccc(N2CCCCC2)cc1. The lowest BCUT2D eigenvalue weighted by Crippen LogP contribution is -2.34. The molecule has 2 aliphatic rings. The van der Waals surface area contributed by atoms with E-state index >= 15 is 0 Å². The van der Waals surface area contributed by atoms with Crippen molar-refractivity contribution in [1.82, 2.24) is 5.32 Å². The topological polar surface area (TPSA) is 36.5 Å². The second kappa shape index (κ2) is 7.79. The highest BCUT2D eigenvalue weighted by atomic mass is 32.1. The van der Waals surface area contributed by atoms with Crippen LogP contribution in [-0.2, 0) is 4.74 Å². The molecule has 0 radical (unpaired) electrons. The van der Waals surface area contributed by atoms with Crippen molar-refractivity contribution in [2.45, 2.75) is 38.2 Å². The molecule has 120 valence electrons. The number of thiocarbonyl (C=S) groups is 1. The van der Waals surface area contributed by atoms with Gasteiger partial charge in [-0.25, -0.2) is 0 Å². The first-order valence-corrected chi connectivity index (χ1v) is 8.73. The van der Waals surface area contributed by atoms with Gasteiger partial charge in [-0.3, -0.25) is 0 Å². The summed E-state index contributed by atoms with van der Waals surface area (Å²) in [7, 11) is 0. The Morgan fingerprint density at radius 3 is 2.59 bits per heavy atom. The largest absolute Gasteiger partial charge is 0.376 e. The predicted octanol–water partition coefficient (Wildman–Crippen LogP) is 3.14. The first-order valence-electron chi connectivity index (χ1n) is 8.33. The summed E-state index contributed by atoms with van der Waals surface area (Å²) in [6, 6.07) is 8.56. The number of rotatable bonds is 4. The van der Waals surface area contributed by atoms with Crippen LogP contribution < -0.4 is 15.5 Å². The summed E-state index contributed by atoms with van der Waals surface area (Å²) < 4.78 is 5.58. The normalized spacial score (nSPS) is 21.6. The zero-order chi connectivity index (χ0) is 15.2. The number of benzene rings is 1. The van der Waals surface area contributed by atoms with E-state index in [1.165, 1.54) is 38.0 Å². The molecule has 0 spiro atoms. The molecule has 1 aromatic carbocycles. The van der Waals surface area contributed by atoms with Crippen LogP contribution >= 0.6 is 12.2 Å². The van der Waals surface area contributed by atoms with Gasteiger partial charge in [0.25, 0.3) is 0 Å². The van der Waals surface area contributed by atoms with Crippen molar-refractivity contribution >= 4 is 28.7 Å². The Balaban J connectivity index is 1.46. The molecule has 3 rings (SSSR count). The molecule has 0 aliphatic carbocycles. The maximum absolute atomic E-state index is 5.58. The van der Waals surface area contributed by atoms with Crippen molar-refractivity contribution in [2.24, 2.45) is 0 Å². The van der Waals surface area contributed by atoms with E-state index in [0.29, 0.717) is 11.2 Å². The van der Waals surface area contributed by atoms with Gasteiger partial charge in [-0.15, -0.1) is 0 Å². The zero-order valence-corrected chi connectivity index (χ0v) is 13.8. The van der Waals surface area contributed by atoms with Crippen molar-refractivity contribution in [2.75, 3.05) is 36.5 Å². The van der Waals surface area contributed by atoms with Crippen LogP contribution in [-0.4, -0.2) is 37.5 Å². The summed E-state index contributed by atoms with van der Waals surface area (Å²) in [6.07, 6.45) is 6.56. The Hall–Kier alpha value is -1.33. The fourth-order valence-corrected chi connectivity index (χ4v) is 3.30. The first kappa shape index (κ1) is 15.6. The lowest BCUT2D eigenvalue weighted by atomic mass is 10.1. The van der Waals surface area contributed by atoms with Gasteiger partial charge in [0.2, 0.25) is 0 Å². The average molecular weight is 319 g/mol. The number of nitrogens with one attached hydrogen (secondary N) is 2. The Morgan fingerprint density at radius 2 is 1.91 bits per heavy atom. The Bertz CT molecular complexity index is 479. The number of ether oxygens (including phenoxy) is 1. The molecule has 2 fully saturated rings. The number of hydrogen-bond donors (Lipinski definition) is 2. The zero-order valence-electron chi connectivity index (χ0n) is 13.0. The van der Waals surface area contributed by atoms with Gasteiger partial charge in [-0.05, 0) is 68.6 Å². The van der Waals surface area contributed by atoms with Crippen molar-refractivity contribution in [3.63, 3.8) is 0 Å². The highest BCUT2D eigenvalue weighted by Crippen LogP contribution is 2.21. The van der Waals surface area contributed by atoms with Crippen LogP contribution in [0.15, 0.2) is 24.3 Å². The minimum atomic E-state index is 0.307. The van der Waals surface area contributed by atoms with Gasteiger partial charge in [-0.2, -0.15) is 0 Å². The lowest BCUT2D eigenvalue weighted by molar-refractivity contribution is 0.114. The molecule has 0 bridgehead atoms. The predicted molar refractivity (Wildman–Crippen MR) is 95.7 cm³/mol. The van der Waals surface area contributed by atoms with Gasteiger partial charge < -0.3 is 20.3 Å². The number of anilines is 2. The van der Waals surface area contributed by atoms with Crippen molar-refractivity contribution in [3.8, 4) is 0 Å². The lowest BCUT2D eigenvalue weighted by Gasteiger charge is -2.28. The van der Waals surface area contributed by atoms with Crippen LogP contribution in [0.25, 0.3) is 0 Å². The molecule has 2 N–H and O–H groups in total. The molecule has 1 unspecified atom stereocenters. The minimum Gasteiger partial charge on any atom is -0.376 e. The van der Waals surface area contributed by atoms with Crippen LogP contribution in [0.2, 0.25) is 0 Å². The van der Waals surface area contributed by atoms with Crippen molar-refractivity contribution < 1.29 is 4.74 Å². The van der Waals surface area contributed by atoms with Crippen LogP contribution in [0, 0.1) is 0 Å². The summed E-state index contributed by atoms with van der Waals surface area (Å²) >= 11 is 5.34. The average Bonchev–Trinajstić information content (AvgIpc) is 3.08. The maximum atomic E-state index is 5.58. The molecule has 5 heteroatoms. The molecule has 4 nitrogen and oxygen atoms in total. The first-order chi connectivity index (χ1) is 10.8. The van der Waals surface area contributed by atoms with Crippen LogP contribution in [0.5, 0.6) is 0 Å². The standard InChI is InChI=1S/C17H25N3OS/c22-17(18-13-16-5-4-12-21-16)19-14-6-8-15(9-7-14)20-10-2-1-3-11-20/h6-9,16H,1-5,10-13H2,(H2,18,19,22). The van der Waals surface area contributed by atoms with Gasteiger partial charge in [0.1, 0.15) is 0 Å². The third kappa shape index (κ3) is 4.34. The van der Waals surface area contributed by atoms with Crippen molar-refractivity contribution in [1.29, 1.82) is 0 Å². The van der Waals surface area contributed by atoms with E-state index in [-0.39, 0.29) is 0 Å². The number of hydrogen-bond acceptors (Lipinski definition) is 3. The highest BCUT2D eigenvalue weighted by molar-refractivity contribution is 7.80. The Kier molecular flexibility index (Phi) is 5.51. The van der Waals surface area contributed by atoms with E-state index in [0.717, 1.165) is 31.7 Å². The Labute approximate surface area is 138 Å². The van der Waals surface area contributed by atoms with E-state index in [1.807, 2.05) is 0 Å². The van der Waals surface area contributed by atoms with Crippen LogP contribution in [0.3, 0.4) is 0 Å². The van der Waals surface area contributed by atoms with Gasteiger partial charge >= 0.3 is 0 Å². The summed E-state index contributed by atoms with van der Waals surface area (Å²) in [5.41, 5.74) is 2.34. The molecule has 0 aromatic heterocycles. The molecular formula is C17H25N3OS. The molecule has 1 atom stereocenters. The van der Waals surface area contributed by atoms with E-state index < -0.39 is 0 Å². The quantitative estimate of drug-likeness (QED) is 0.834. The van der Waals surface area contributed by atoms with Crippen LogP contribution in [0.1, 0.15) is 32.1 Å². The third-order valence-corrected chi connectivity index (χ3v) is 4.61. The van der Waals surface area contributed by atoms with Gasteiger partial charge in [-0.1, -0.05) is 0 Å². The molecular weight excluding hydrogens is 294 g/mol. The molecule has 0 saturated carbocycles.